The van der Waals surface area contributed by atoms with Gasteiger partial charge in [0.2, 0.25) is 0 Å². The molecule has 9 heteroatoms. The van der Waals surface area contributed by atoms with Gasteiger partial charge >= 0.3 is 0 Å². The quantitative estimate of drug-likeness (QED) is 0.251. The second-order valence-corrected chi connectivity index (χ2v) is 7.81. The van der Waals surface area contributed by atoms with Gasteiger partial charge in [-0.3, -0.25) is 25.1 Å². The number of benzene rings is 3. The van der Waals surface area contributed by atoms with Crippen molar-refractivity contribution >= 4 is 35.0 Å². The molecule has 0 saturated carbocycles. The summed E-state index contributed by atoms with van der Waals surface area (Å²) in [7, 11) is 3.76. The van der Waals surface area contributed by atoms with Gasteiger partial charge in [-0.05, 0) is 35.9 Å². The summed E-state index contributed by atoms with van der Waals surface area (Å²) in [5, 5.41) is 12.3. The summed E-state index contributed by atoms with van der Waals surface area (Å²) in [6.07, 6.45) is 1.49. The number of rotatable bonds is 7. The maximum Gasteiger partial charge on any atom is 0.282 e. The maximum atomic E-state index is 12.9. The molecule has 3 aromatic rings. The number of nitro benzene ring substituents is 1. The summed E-state index contributed by atoms with van der Waals surface area (Å²) in [6.45, 7) is 0.0744. The molecule has 34 heavy (non-hydrogen) atoms. The summed E-state index contributed by atoms with van der Waals surface area (Å²) < 4.78 is 5.99. The van der Waals surface area contributed by atoms with E-state index in [0.29, 0.717) is 22.6 Å². The van der Waals surface area contributed by atoms with Crippen LogP contribution in [0.2, 0.25) is 0 Å². The van der Waals surface area contributed by atoms with Crippen molar-refractivity contribution in [2.24, 2.45) is 0 Å². The minimum Gasteiger partial charge on any atom is -0.488 e. The molecule has 0 unspecified atom stereocenters. The van der Waals surface area contributed by atoms with Gasteiger partial charge in [0.15, 0.2) is 0 Å². The third-order valence-electron chi connectivity index (χ3n) is 5.23. The van der Waals surface area contributed by atoms with Gasteiger partial charge in [0.05, 0.1) is 10.6 Å². The van der Waals surface area contributed by atoms with Crippen LogP contribution in [0.5, 0.6) is 5.75 Å². The number of non-ortho nitro benzene ring substituents is 1. The molecule has 9 nitrogen and oxygen atoms in total. The van der Waals surface area contributed by atoms with Gasteiger partial charge in [0, 0.05) is 43.5 Å². The van der Waals surface area contributed by atoms with Crippen LogP contribution in [-0.4, -0.2) is 30.8 Å². The molecule has 0 aliphatic carbocycles. The number of hydrogen-bond acceptors (Lipinski definition) is 6. The van der Waals surface area contributed by atoms with Crippen LogP contribution in [0.3, 0.4) is 0 Å². The van der Waals surface area contributed by atoms with Gasteiger partial charge in [0.1, 0.15) is 17.9 Å². The normalized spacial score (nSPS) is 14.3. The smallest absolute Gasteiger partial charge is 0.282 e. The van der Waals surface area contributed by atoms with Crippen molar-refractivity contribution in [1.29, 1.82) is 0 Å². The minimum absolute atomic E-state index is 0.0262. The van der Waals surface area contributed by atoms with Crippen molar-refractivity contribution in [3.8, 4) is 5.75 Å². The molecule has 1 saturated heterocycles. The first-order valence-electron chi connectivity index (χ1n) is 10.4. The predicted octanol–water partition coefficient (Wildman–Crippen LogP) is 3.70. The van der Waals surface area contributed by atoms with Crippen molar-refractivity contribution in [2.75, 3.05) is 24.0 Å². The predicted molar refractivity (Wildman–Crippen MR) is 128 cm³/mol. The second kappa shape index (κ2) is 9.45. The third kappa shape index (κ3) is 4.73. The van der Waals surface area contributed by atoms with Gasteiger partial charge in [0.25, 0.3) is 17.5 Å². The second-order valence-electron chi connectivity index (χ2n) is 7.81. The molecule has 2 amide bonds. The van der Waals surface area contributed by atoms with Crippen LogP contribution < -0.4 is 20.1 Å². The lowest BCUT2D eigenvalue weighted by Gasteiger charge is -2.16. The van der Waals surface area contributed by atoms with Crippen molar-refractivity contribution in [1.82, 2.24) is 5.43 Å². The largest absolute Gasteiger partial charge is 0.488 e. The van der Waals surface area contributed by atoms with Crippen LogP contribution in [0.15, 0.2) is 78.4 Å². The number of carbonyl (C=O) groups excluding carboxylic acids is 2. The first-order chi connectivity index (χ1) is 16.3. The summed E-state index contributed by atoms with van der Waals surface area (Å²) in [5.74, 6) is -0.559. The molecule has 0 aromatic heterocycles. The van der Waals surface area contributed by atoms with Gasteiger partial charge in [-0.1, -0.05) is 30.3 Å². The first kappa shape index (κ1) is 22.5. The maximum absolute atomic E-state index is 12.9. The Morgan fingerprint density at radius 2 is 1.79 bits per heavy atom. The van der Waals surface area contributed by atoms with Crippen LogP contribution in [0.25, 0.3) is 6.08 Å². The molecule has 1 N–H and O–H groups in total. The molecule has 0 bridgehead atoms. The molecule has 0 atom stereocenters. The van der Waals surface area contributed by atoms with Crippen molar-refractivity contribution in [3.63, 3.8) is 0 Å². The molecule has 0 spiro atoms. The van der Waals surface area contributed by atoms with E-state index in [2.05, 4.69) is 5.43 Å². The lowest BCUT2D eigenvalue weighted by Crippen LogP contribution is -2.35. The molecule has 1 aliphatic rings. The Morgan fingerprint density at radius 3 is 2.50 bits per heavy atom. The summed E-state index contributed by atoms with van der Waals surface area (Å²) in [4.78, 5) is 38.0. The van der Waals surface area contributed by atoms with Crippen LogP contribution in [0, 0.1) is 10.1 Å². The number of nitro groups is 1. The molecule has 1 heterocycles. The number of anilines is 2. The van der Waals surface area contributed by atoms with E-state index in [4.69, 9.17) is 4.74 Å². The fourth-order valence-corrected chi connectivity index (χ4v) is 3.44. The fourth-order valence-electron chi connectivity index (χ4n) is 3.44. The molecule has 0 radical (unpaired) electrons. The van der Waals surface area contributed by atoms with E-state index >= 15 is 0 Å². The SMILES string of the molecule is CN(C)c1ccc(/C=C2/C(=O)NN(c3ccccc3)C2=O)c(OCc2cccc([N+](=O)[O-])c2)c1. The van der Waals surface area contributed by atoms with Crippen molar-refractivity contribution in [2.45, 2.75) is 6.61 Å². The zero-order chi connectivity index (χ0) is 24.2. The first-order valence-corrected chi connectivity index (χ1v) is 10.4. The number of carbonyl (C=O) groups is 2. The summed E-state index contributed by atoms with van der Waals surface area (Å²) in [5.41, 5.74) is 5.08. The molecule has 3 aromatic carbocycles. The van der Waals surface area contributed by atoms with Gasteiger partial charge in [-0.25, -0.2) is 5.01 Å². The van der Waals surface area contributed by atoms with Gasteiger partial charge in [-0.2, -0.15) is 0 Å². The minimum atomic E-state index is -0.518. The van der Waals surface area contributed by atoms with Crippen LogP contribution in [-0.2, 0) is 16.2 Å². The molecule has 1 aliphatic heterocycles. The molecule has 172 valence electrons. The number of para-hydroxylation sites is 1. The standard InChI is InChI=1S/C25H22N4O5/c1-27(2)20-12-11-18(23(15-20)34-16-17-7-6-10-21(13-17)29(32)33)14-22-24(30)26-28(25(22)31)19-8-4-3-5-9-19/h3-15H,16H2,1-2H3,(H,26,30)/b22-14-. The Labute approximate surface area is 196 Å². The van der Waals surface area contributed by atoms with Crippen LogP contribution >= 0.6 is 0 Å². The Bertz CT molecular complexity index is 1290. The number of ether oxygens (including phenoxy) is 1. The van der Waals surface area contributed by atoms with E-state index in [1.165, 1.54) is 23.2 Å². The number of nitrogens with zero attached hydrogens (tertiary/aromatic N) is 3. The Hall–Kier alpha value is -4.66. The fraction of sp³-hybridized carbons (Fsp3) is 0.120. The number of amides is 2. The van der Waals surface area contributed by atoms with Crippen molar-refractivity contribution < 1.29 is 19.2 Å². The number of hydrazine groups is 1. The van der Waals surface area contributed by atoms with Crippen LogP contribution in [0.4, 0.5) is 17.1 Å². The average Bonchev–Trinajstić information content (AvgIpc) is 3.12. The molecule has 4 rings (SSSR count). The Balaban J connectivity index is 1.65. The average molecular weight is 458 g/mol. The van der Waals surface area contributed by atoms with E-state index < -0.39 is 16.7 Å². The third-order valence-corrected chi connectivity index (χ3v) is 5.23. The lowest BCUT2D eigenvalue weighted by atomic mass is 10.1. The topological polar surface area (TPSA) is 105 Å². The van der Waals surface area contributed by atoms with Crippen LogP contribution in [0.1, 0.15) is 11.1 Å². The number of hydrogen-bond donors (Lipinski definition) is 1. The number of nitrogens with one attached hydrogen (secondary N) is 1. The lowest BCUT2D eigenvalue weighted by molar-refractivity contribution is -0.384. The van der Waals surface area contributed by atoms with E-state index in [9.17, 15) is 19.7 Å². The van der Waals surface area contributed by atoms with E-state index in [0.717, 1.165) is 5.69 Å². The monoisotopic (exact) mass is 458 g/mol. The van der Waals surface area contributed by atoms with E-state index in [-0.39, 0.29) is 17.9 Å². The summed E-state index contributed by atoms with van der Waals surface area (Å²) >= 11 is 0. The highest BCUT2D eigenvalue weighted by molar-refractivity contribution is 6.31. The molecule has 1 fully saturated rings. The zero-order valence-electron chi connectivity index (χ0n) is 18.6. The summed E-state index contributed by atoms with van der Waals surface area (Å²) in [6, 6.07) is 20.4. The molecular weight excluding hydrogens is 436 g/mol. The Morgan fingerprint density at radius 1 is 1.03 bits per heavy atom. The van der Waals surface area contributed by atoms with E-state index in [1.54, 1.807) is 48.5 Å². The highest BCUT2D eigenvalue weighted by Gasteiger charge is 2.34. The highest BCUT2D eigenvalue weighted by atomic mass is 16.6. The zero-order valence-corrected chi connectivity index (χ0v) is 18.6. The highest BCUT2D eigenvalue weighted by Crippen LogP contribution is 2.30. The van der Waals surface area contributed by atoms with Gasteiger partial charge < -0.3 is 9.64 Å². The van der Waals surface area contributed by atoms with Gasteiger partial charge in [-0.15, -0.1) is 0 Å². The Kier molecular flexibility index (Phi) is 6.26. The van der Waals surface area contributed by atoms with E-state index in [1.807, 2.05) is 31.1 Å². The molecular formula is C25H22N4O5. The van der Waals surface area contributed by atoms with Crippen molar-refractivity contribution in [3.05, 3.63) is 99.6 Å².